The number of hydrogen-bond donors (Lipinski definition) is 1. The van der Waals surface area contributed by atoms with Crippen LogP contribution in [-0.4, -0.2) is 10.5 Å². The molecule has 0 saturated carbocycles. The largest absolute Gasteiger partial charge is 0.348 e. The number of nitrogens with zero attached hydrogens (tertiary/aromatic N) is 1. The van der Waals surface area contributed by atoms with Crippen LogP contribution in [0.4, 0.5) is 4.39 Å². The molecule has 0 unspecified atom stereocenters. The number of aromatic nitrogens is 1. The Hall–Kier alpha value is -3.40. The van der Waals surface area contributed by atoms with Gasteiger partial charge in [-0.3, -0.25) is 4.79 Å². The van der Waals surface area contributed by atoms with Gasteiger partial charge in [0, 0.05) is 35.2 Å². The average Bonchev–Trinajstić information content (AvgIpc) is 2.97. The highest BCUT2D eigenvalue weighted by Crippen LogP contribution is 2.27. The fourth-order valence-corrected chi connectivity index (χ4v) is 3.69. The van der Waals surface area contributed by atoms with Crippen LogP contribution in [0.15, 0.2) is 72.8 Å². The average molecular weight is 386 g/mol. The van der Waals surface area contributed by atoms with E-state index in [4.69, 9.17) is 0 Å². The molecule has 0 saturated heterocycles. The van der Waals surface area contributed by atoms with Crippen LogP contribution in [0.1, 0.15) is 32.7 Å². The topological polar surface area (TPSA) is 34.0 Å². The summed E-state index contributed by atoms with van der Waals surface area (Å²) in [4.78, 5) is 12.6. The molecule has 0 aliphatic heterocycles. The van der Waals surface area contributed by atoms with E-state index in [1.165, 1.54) is 29.0 Å². The maximum Gasteiger partial charge on any atom is 0.251 e. The zero-order valence-corrected chi connectivity index (χ0v) is 16.6. The van der Waals surface area contributed by atoms with Crippen LogP contribution >= 0.6 is 0 Å². The first-order chi connectivity index (χ1) is 14.0. The van der Waals surface area contributed by atoms with Gasteiger partial charge in [-0.1, -0.05) is 42.5 Å². The van der Waals surface area contributed by atoms with Crippen molar-refractivity contribution in [1.82, 2.24) is 9.88 Å². The van der Waals surface area contributed by atoms with E-state index < -0.39 is 0 Å². The number of fused-ring (bicyclic) bond motifs is 1. The van der Waals surface area contributed by atoms with Crippen LogP contribution < -0.4 is 5.32 Å². The molecule has 3 nitrogen and oxygen atoms in total. The molecular formula is C25H23FN2O. The molecule has 0 aliphatic rings. The van der Waals surface area contributed by atoms with Crippen LogP contribution in [-0.2, 0) is 13.1 Å². The van der Waals surface area contributed by atoms with E-state index in [9.17, 15) is 9.18 Å². The lowest BCUT2D eigenvalue weighted by molar-refractivity contribution is 0.0951. The van der Waals surface area contributed by atoms with Gasteiger partial charge in [0.2, 0.25) is 0 Å². The third-order valence-electron chi connectivity index (χ3n) is 5.43. The first-order valence-electron chi connectivity index (χ1n) is 9.69. The van der Waals surface area contributed by atoms with Crippen molar-refractivity contribution in [3.8, 4) is 0 Å². The summed E-state index contributed by atoms with van der Waals surface area (Å²) in [7, 11) is 0. The Morgan fingerprint density at radius 2 is 1.69 bits per heavy atom. The van der Waals surface area contributed by atoms with Gasteiger partial charge in [-0.25, -0.2) is 4.39 Å². The number of hydrogen-bond acceptors (Lipinski definition) is 1. The first-order valence-corrected chi connectivity index (χ1v) is 9.69. The molecule has 146 valence electrons. The molecule has 1 heterocycles. The standard InChI is InChI=1S/C25H23FN2O/c1-17-18(2)28(16-19-7-4-3-5-8-19)24-12-11-21(14-23(17)24)25(29)27-15-20-9-6-10-22(26)13-20/h3-14H,15-16H2,1-2H3,(H,27,29). The molecule has 0 fully saturated rings. The van der Waals surface area contributed by atoms with Crippen molar-refractivity contribution in [2.24, 2.45) is 0 Å². The van der Waals surface area contributed by atoms with Crippen molar-refractivity contribution in [3.63, 3.8) is 0 Å². The third-order valence-corrected chi connectivity index (χ3v) is 5.43. The Morgan fingerprint density at radius 3 is 2.45 bits per heavy atom. The van der Waals surface area contributed by atoms with E-state index in [0.717, 1.165) is 23.0 Å². The minimum Gasteiger partial charge on any atom is -0.348 e. The number of carbonyl (C=O) groups is 1. The Kier molecular flexibility index (Phi) is 5.17. The lowest BCUT2D eigenvalue weighted by Crippen LogP contribution is -2.22. The van der Waals surface area contributed by atoms with E-state index in [1.54, 1.807) is 12.1 Å². The molecule has 4 heteroatoms. The summed E-state index contributed by atoms with van der Waals surface area (Å²) in [5.74, 6) is -0.465. The number of halogens is 1. The second-order valence-corrected chi connectivity index (χ2v) is 7.33. The maximum atomic E-state index is 13.3. The highest BCUT2D eigenvalue weighted by Gasteiger charge is 2.14. The number of benzene rings is 3. The Bertz CT molecular complexity index is 1180. The molecule has 0 radical (unpaired) electrons. The zero-order chi connectivity index (χ0) is 20.4. The minimum absolute atomic E-state index is 0.163. The molecule has 4 aromatic rings. The Labute approximate surface area is 169 Å². The summed E-state index contributed by atoms with van der Waals surface area (Å²) in [5.41, 5.74) is 6.07. The highest BCUT2D eigenvalue weighted by molar-refractivity contribution is 5.99. The van der Waals surface area contributed by atoms with E-state index >= 15 is 0 Å². The van der Waals surface area contributed by atoms with E-state index in [-0.39, 0.29) is 11.7 Å². The highest BCUT2D eigenvalue weighted by atomic mass is 19.1. The number of aryl methyl sites for hydroxylation is 1. The lowest BCUT2D eigenvalue weighted by Gasteiger charge is -2.09. The van der Waals surface area contributed by atoms with Gasteiger partial charge in [0.1, 0.15) is 5.82 Å². The van der Waals surface area contributed by atoms with Gasteiger partial charge in [-0.05, 0) is 60.9 Å². The van der Waals surface area contributed by atoms with Crippen LogP contribution in [0.25, 0.3) is 10.9 Å². The van der Waals surface area contributed by atoms with Gasteiger partial charge in [-0.2, -0.15) is 0 Å². The van der Waals surface area contributed by atoms with E-state index in [0.29, 0.717) is 12.1 Å². The summed E-state index contributed by atoms with van der Waals surface area (Å²) in [5, 5.41) is 3.96. The van der Waals surface area contributed by atoms with Gasteiger partial charge >= 0.3 is 0 Å². The normalized spacial score (nSPS) is 11.0. The number of rotatable bonds is 5. The third kappa shape index (κ3) is 3.92. The quantitative estimate of drug-likeness (QED) is 0.491. The second-order valence-electron chi connectivity index (χ2n) is 7.33. The summed E-state index contributed by atoms with van der Waals surface area (Å²) in [6.45, 7) is 5.29. The Balaban J connectivity index is 1.59. The number of nitrogens with one attached hydrogen (secondary N) is 1. The van der Waals surface area contributed by atoms with E-state index in [2.05, 4.69) is 35.9 Å². The van der Waals surface area contributed by atoms with Crippen molar-refractivity contribution in [1.29, 1.82) is 0 Å². The smallest absolute Gasteiger partial charge is 0.251 e. The molecule has 29 heavy (non-hydrogen) atoms. The molecule has 0 aliphatic carbocycles. The van der Waals surface area contributed by atoms with Crippen LogP contribution in [0.3, 0.4) is 0 Å². The first kappa shape index (κ1) is 18.9. The van der Waals surface area contributed by atoms with Crippen LogP contribution in [0.5, 0.6) is 0 Å². The van der Waals surface area contributed by atoms with Crippen molar-refractivity contribution in [2.75, 3.05) is 0 Å². The predicted octanol–water partition coefficient (Wildman–Crippen LogP) is 5.38. The van der Waals surface area contributed by atoms with Crippen LogP contribution in [0, 0.1) is 19.7 Å². The fourth-order valence-electron chi connectivity index (χ4n) is 3.69. The van der Waals surface area contributed by atoms with Gasteiger partial charge in [-0.15, -0.1) is 0 Å². The van der Waals surface area contributed by atoms with Crippen LogP contribution in [0.2, 0.25) is 0 Å². The van der Waals surface area contributed by atoms with Crippen molar-refractivity contribution in [3.05, 3.63) is 107 Å². The molecular weight excluding hydrogens is 363 g/mol. The second kappa shape index (κ2) is 7.92. The molecule has 3 aromatic carbocycles. The van der Waals surface area contributed by atoms with Gasteiger partial charge in [0.15, 0.2) is 0 Å². The maximum absolute atomic E-state index is 13.3. The minimum atomic E-state index is -0.302. The number of carbonyl (C=O) groups excluding carboxylic acids is 1. The van der Waals surface area contributed by atoms with Crippen molar-refractivity contribution < 1.29 is 9.18 Å². The molecule has 0 atom stereocenters. The van der Waals surface area contributed by atoms with Gasteiger partial charge < -0.3 is 9.88 Å². The van der Waals surface area contributed by atoms with Crippen molar-refractivity contribution >= 4 is 16.8 Å². The summed E-state index contributed by atoms with van der Waals surface area (Å²) < 4.78 is 15.6. The summed E-state index contributed by atoms with van der Waals surface area (Å²) in [6, 6.07) is 22.4. The van der Waals surface area contributed by atoms with Gasteiger partial charge in [0.25, 0.3) is 5.91 Å². The molecule has 1 N–H and O–H groups in total. The molecule has 1 amide bonds. The molecule has 0 spiro atoms. The Morgan fingerprint density at radius 1 is 0.931 bits per heavy atom. The van der Waals surface area contributed by atoms with Gasteiger partial charge in [0.05, 0.1) is 0 Å². The molecule has 4 rings (SSSR count). The number of amides is 1. The van der Waals surface area contributed by atoms with Crippen molar-refractivity contribution in [2.45, 2.75) is 26.9 Å². The SMILES string of the molecule is Cc1c(C)n(Cc2ccccc2)c2ccc(C(=O)NCc3cccc(F)c3)cc12. The molecule has 0 bridgehead atoms. The summed E-state index contributed by atoms with van der Waals surface area (Å²) >= 11 is 0. The predicted molar refractivity (Wildman–Crippen MR) is 115 cm³/mol. The summed E-state index contributed by atoms with van der Waals surface area (Å²) in [6.07, 6.45) is 0. The fraction of sp³-hybridized carbons (Fsp3) is 0.160. The monoisotopic (exact) mass is 386 g/mol. The lowest BCUT2D eigenvalue weighted by atomic mass is 10.1. The zero-order valence-electron chi connectivity index (χ0n) is 16.6. The molecule has 1 aromatic heterocycles. The van der Waals surface area contributed by atoms with E-state index in [1.807, 2.05) is 36.4 Å².